The van der Waals surface area contributed by atoms with Gasteiger partial charge >= 0.3 is 12.0 Å². The Balaban J connectivity index is 2.12. The molecular weight excluding hydrogens is 236 g/mol. The zero-order valence-corrected chi connectivity index (χ0v) is 10.6. The number of carboxylic acids is 1. The van der Waals surface area contributed by atoms with E-state index in [0.29, 0.717) is 12.5 Å². The highest BCUT2D eigenvalue weighted by atomic mass is 16.4. The van der Waals surface area contributed by atoms with E-state index >= 15 is 0 Å². The Labute approximate surface area is 106 Å². The quantitative estimate of drug-likeness (QED) is 0.756. The first-order chi connectivity index (χ1) is 8.56. The molecule has 1 saturated heterocycles. The lowest BCUT2D eigenvalue weighted by molar-refractivity contribution is -0.142. The Bertz CT molecular complexity index is 347. The third-order valence-electron chi connectivity index (χ3n) is 4.15. The number of likely N-dealkylation sites (N-methyl/N-ethyl adjacent to an activating group) is 1. The molecule has 1 saturated carbocycles. The summed E-state index contributed by atoms with van der Waals surface area (Å²) >= 11 is 0. The van der Waals surface area contributed by atoms with Crippen molar-refractivity contribution in [3.8, 4) is 0 Å². The van der Waals surface area contributed by atoms with E-state index in [1.807, 2.05) is 0 Å². The topological polar surface area (TPSA) is 81.1 Å². The third kappa shape index (κ3) is 2.16. The maximum Gasteiger partial charge on any atom is 0.326 e. The summed E-state index contributed by atoms with van der Waals surface area (Å²) in [5.41, 5.74) is 0. The summed E-state index contributed by atoms with van der Waals surface area (Å²) in [5, 5.41) is 18.2. The normalized spacial score (nSPS) is 30.3. The molecule has 2 aliphatic rings. The van der Waals surface area contributed by atoms with Gasteiger partial charge in [0.2, 0.25) is 0 Å². The monoisotopic (exact) mass is 256 g/mol. The van der Waals surface area contributed by atoms with Crippen LogP contribution in [0, 0.1) is 11.8 Å². The van der Waals surface area contributed by atoms with E-state index in [-0.39, 0.29) is 25.1 Å². The predicted molar refractivity (Wildman–Crippen MR) is 64.1 cm³/mol. The molecule has 2 rings (SSSR count). The van der Waals surface area contributed by atoms with Crippen LogP contribution in [0.5, 0.6) is 0 Å². The van der Waals surface area contributed by atoms with Gasteiger partial charge in [0.15, 0.2) is 0 Å². The molecule has 6 nitrogen and oxygen atoms in total. The zero-order valence-electron chi connectivity index (χ0n) is 10.6. The number of carbonyl (C=O) groups excluding carboxylic acids is 1. The van der Waals surface area contributed by atoms with Gasteiger partial charge in [-0.15, -0.1) is 0 Å². The number of aliphatic hydroxyl groups excluding tert-OH is 1. The van der Waals surface area contributed by atoms with Crippen molar-refractivity contribution < 1.29 is 19.8 Å². The standard InChI is InChI=1S/C12H20N2O4/c1-13(5-6-15)12(18)14-7-8-3-2-4-9(8)10(14)11(16)17/h8-10,15H,2-7H2,1H3,(H,16,17). The van der Waals surface area contributed by atoms with E-state index in [2.05, 4.69) is 0 Å². The fraction of sp³-hybridized carbons (Fsp3) is 0.833. The van der Waals surface area contributed by atoms with Gasteiger partial charge in [0.1, 0.15) is 6.04 Å². The second-order valence-corrected chi connectivity index (χ2v) is 5.22. The zero-order chi connectivity index (χ0) is 13.3. The molecule has 0 bridgehead atoms. The van der Waals surface area contributed by atoms with Crippen LogP contribution >= 0.6 is 0 Å². The Kier molecular flexibility index (Phi) is 3.75. The number of amides is 2. The number of likely N-dealkylation sites (tertiary alicyclic amines) is 1. The molecule has 2 N–H and O–H groups in total. The SMILES string of the molecule is CN(CCO)C(=O)N1CC2CCCC2C1C(=O)O. The molecule has 1 heterocycles. The average Bonchev–Trinajstić information content (AvgIpc) is 2.86. The fourth-order valence-electron chi connectivity index (χ4n) is 3.28. The summed E-state index contributed by atoms with van der Waals surface area (Å²) in [6.07, 6.45) is 2.98. The minimum absolute atomic E-state index is 0.106. The van der Waals surface area contributed by atoms with Gasteiger partial charge in [-0.25, -0.2) is 9.59 Å². The summed E-state index contributed by atoms with van der Waals surface area (Å²) in [4.78, 5) is 26.4. The van der Waals surface area contributed by atoms with E-state index in [1.165, 1.54) is 9.80 Å². The first-order valence-corrected chi connectivity index (χ1v) is 6.41. The number of aliphatic carboxylic acids is 1. The van der Waals surface area contributed by atoms with Gasteiger partial charge in [-0.1, -0.05) is 6.42 Å². The smallest absolute Gasteiger partial charge is 0.326 e. The number of rotatable bonds is 3. The van der Waals surface area contributed by atoms with Crippen LogP contribution in [0.25, 0.3) is 0 Å². The molecule has 2 amide bonds. The second kappa shape index (κ2) is 5.14. The summed E-state index contributed by atoms with van der Waals surface area (Å²) in [6, 6.07) is -0.975. The van der Waals surface area contributed by atoms with Gasteiger partial charge in [0, 0.05) is 20.1 Å². The Hall–Kier alpha value is -1.30. The lowest BCUT2D eigenvalue weighted by Crippen LogP contribution is -2.49. The largest absolute Gasteiger partial charge is 0.480 e. The average molecular weight is 256 g/mol. The van der Waals surface area contributed by atoms with Gasteiger partial charge in [-0.05, 0) is 24.7 Å². The number of fused-ring (bicyclic) bond motifs is 1. The Morgan fingerprint density at radius 3 is 2.72 bits per heavy atom. The van der Waals surface area contributed by atoms with E-state index in [9.17, 15) is 14.7 Å². The van der Waals surface area contributed by atoms with Gasteiger partial charge < -0.3 is 20.0 Å². The molecule has 0 spiro atoms. The van der Waals surface area contributed by atoms with Crippen molar-refractivity contribution in [1.29, 1.82) is 0 Å². The van der Waals surface area contributed by atoms with Crippen molar-refractivity contribution in [1.82, 2.24) is 9.80 Å². The number of hydrogen-bond acceptors (Lipinski definition) is 3. The van der Waals surface area contributed by atoms with Crippen molar-refractivity contribution in [2.24, 2.45) is 11.8 Å². The predicted octanol–water partition coefficient (Wildman–Crippen LogP) is 0.216. The molecule has 0 aromatic carbocycles. The highest BCUT2D eigenvalue weighted by Gasteiger charge is 2.50. The molecule has 102 valence electrons. The molecule has 1 aliphatic heterocycles. The van der Waals surface area contributed by atoms with Gasteiger partial charge in [0.05, 0.1) is 6.61 Å². The lowest BCUT2D eigenvalue weighted by atomic mass is 9.94. The number of aliphatic hydroxyl groups is 1. The first-order valence-electron chi connectivity index (χ1n) is 6.41. The van der Waals surface area contributed by atoms with Crippen LogP contribution in [-0.4, -0.2) is 64.8 Å². The summed E-state index contributed by atoms with van der Waals surface area (Å²) in [5.74, 6) is -0.471. The van der Waals surface area contributed by atoms with Gasteiger partial charge in [-0.2, -0.15) is 0 Å². The highest BCUT2D eigenvalue weighted by molar-refractivity contribution is 5.83. The second-order valence-electron chi connectivity index (χ2n) is 5.22. The van der Waals surface area contributed by atoms with E-state index in [0.717, 1.165) is 19.3 Å². The molecule has 3 atom stereocenters. The highest BCUT2D eigenvalue weighted by Crippen LogP contribution is 2.42. The lowest BCUT2D eigenvalue weighted by Gasteiger charge is -2.28. The van der Waals surface area contributed by atoms with Crippen molar-refractivity contribution in [2.45, 2.75) is 25.3 Å². The van der Waals surface area contributed by atoms with E-state index in [4.69, 9.17) is 5.11 Å². The summed E-state index contributed by atoms with van der Waals surface area (Å²) in [6.45, 7) is 0.661. The number of carboxylic acid groups (broad SMARTS) is 1. The van der Waals surface area contributed by atoms with Crippen molar-refractivity contribution in [3.05, 3.63) is 0 Å². The molecule has 2 fully saturated rings. The van der Waals surface area contributed by atoms with E-state index in [1.54, 1.807) is 7.05 Å². The minimum Gasteiger partial charge on any atom is -0.480 e. The van der Waals surface area contributed by atoms with Crippen LogP contribution in [0.1, 0.15) is 19.3 Å². The molecule has 18 heavy (non-hydrogen) atoms. The van der Waals surface area contributed by atoms with Crippen LogP contribution in [0.15, 0.2) is 0 Å². The maximum atomic E-state index is 12.2. The molecule has 6 heteroatoms. The van der Waals surface area contributed by atoms with E-state index < -0.39 is 12.0 Å². The Morgan fingerprint density at radius 2 is 2.11 bits per heavy atom. The molecule has 0 aromatic rings. The number of hydrogen-bond donors (Lipinski definition) is 2. The van der Waals surface area contributed by atoms with Crippen LogP contribution in [0.2, 0.25) is 0 Å². The molecule has 3 unspecified atom stereocenters. The first kappa shape index (κ1) is 13.1. The van der Waals surface area contributed by atoms with Crippen molar-refractivity contribution >= 4 is 12.0 Å². The summed E-state index contributed by atoms with van der Waals surface area (Å²) in [7, 11) is 1.59. The van der Waals surface area contributed by atoms with Gasteiger partial charge in [0.25, 0.3) is 0 Å². The molecular formula is C12H20N2O4. The number of nitrogens with zero attached hydrogens (tertiary/aromatic N) is 2. The van der Waals surface area contributed by atoms with Crippen molar-refractivity contribution in [2.75, 3.05) is 26.7 Å². The maximum absolute atomic E-state index is 12.2. The molecule has 1 aliphatic carbocycles. The minimum atomic E-state index is -0.907. The number of urea groups is 1. The third-order valence-corrected chi connectivity index (χ3v) is 4.15. The summed E-state index contributed by atoms with van der Waals surface area (Å²) < 4.78 is 0. The van der Waals surface area contributed by atoms with Crippen molar-refractivity contribution in [3.63, 3.8) is 0 Å². The fourth-order valence-corrected chi connectivity index (χ4v) is 3.28. The Morgan fingerprint density at radius 1 is 1.39 bits per heavy atom. The molecule has 0 aromatic heterocycles. The molecule has 0 radical (unpaired) electrons. The van der Waals surface area contributed by atoms with Crippen LogP contribution in [0.4, 0.5) is 4.79 Å². The van der Waals surface area contributed by atoms with Crippen LogP contribution in [-0.2, 0) is 4.79 Å². The van der Waals surface area contributed by atoms with Crippen LogP contribution in [0.3, 0.4) is 0 Å². The number of carbonyl (C=O) groups is 2. The van der Waals surface area contributed by atoms with Gasteiger partial charge in [-0.3, -0.25) is 0 Å². The van der Waals surface area contributed by atoms with Crippen LogP contribution < -0.4 is 0 Å².